The summed E-state index contributed by atoms with van der Waals surface area (Å²) in [6, 6.07) is 6.29. The largest absolute Gasteiger partial charge is 0.466 e. The van der Waals surface area contributed by atoms with E-state index in [1.807, 2.05) is 30.3 Å². The lowest BCUT2D eigenvalue weighted by Gasteiger charge is -2.30. The highest BCUT2D eigenvalue weighted by molar-refractivity contribution is 5.99. The van der Waals surface area contributed by atoms with E-state index in [2.05, 4.69) is 16.0 Å². The quantitative estimate of drug-likeness (QED) is 0.353. The molecule has 1 aromatic carbocycles. The van der Waals surface area contributed by atoms with Crippen LogP contribution in [0.5, 0.6) is 0 Å². The van der Waals surface area contributed by atoms with Gasteiger partial charge in [-0.25, -0.2) is 0 Å². The van der Waals surface area contributed by atoms with Gasteiger partial charge in [0.05, 0.1) is 19.4 Å². The van der Waals surface area contributed by atoms with Crippen molar-refractivity contribution in [3.63, 3.8) is 0 Å². The fourth-order valence-electron chi connectivity index (χ4n) is 3.33. The summed E-state index contributed by atoms with van der Waals surface area (Å²) < 4.78 is 4.84. The van der Waals surface area contributed by atoms with Crippen LogP contribution in [0.15, 0.2) is 30.3 Å². The number of esters is 1. The summed E-state index contributed by atoms with van der Waals surface area (Å²) in [6.45, 7) is 3.43. The highest BCUT2D eigenvalue weighted by Crippen LogP contribution is 2.12. The maximum Gasteiger partial charge on any atom is 0.306 e. The first-order valence-corrected chi connectivity index (χ1v) is 10.1. The summed E-state index contributed by atoms with van der Waals surface area (Å²) in [7, 11) is 0. The molecule has 1 aliphatic heterocycles. The number of piperazine rings is 1. The Morgan fingerprint density at radius 2 is 1.71 bits per heavy atom. The van der Waals surface area contributed by atoms with Crippen LogP contribution in [0.25, 0.3) is 0 Å². The van der Waals surface area contributed by atoms with Crippen molar-refractivity contribution >= 4 is 29.6 Å². The first-order chi connectivity index (χ1) is 14.7. The lowest BCUT2D eigenvalue weighted by atomic mass is 9.97. The van der Waals surface area contributed by atoms with Gasteiger partial charge in [-0.2, -0.15) is 0 Å². The first-order valence-electron chi connectivity index (χ1n) is 10.1. The van der Waals surface area contributed by atoms with Gasteiger partial charge in [0.15, 0.2) is 0 Å². The van der Waals surface area contributed by atoms with Gasteiger partial charge < -0.3 is 26.4 Å². The molecular weight excluding hydrogens is 404 g/mol. The van der Waals surface area contributed by atoms with Crippen molar-refractivity contribution in [1.82, 2.24) is 16.0 Å². The second kappa shape index (κ2) is 11.1. The van der Waals surface area contributed by atoms with Crippen LogP contribution < -0.4 is 21.7 Å². The summed E-state index contributed by atoms with van der Waals surface area (Å²) in [4.78, 5) is 60.5. The Balaban J connectivity index is 1.92. The summed E-state index contributed by atoms with van der Waals surface area (Å²) >= 11 is 0. The summed E-state index contributed by atoms with van der Waals surface area (Å²) in [5.74, 6) is -3.48. The summed E-state index contributed by atoms with van der Waals surface area (Å²) in [5, 5.41) is 7.62. The van der Waals surface area contributed by atoms with Gasteiger partial charge in [-0.05, 0) is 18.4 Å². The Kier molecular flexibility index (Phi) is 8.53. The molecule has 0 saturated carbocycles. The zero-order chi connectivity index (χ0) is 23.0. The number of nitrogens with one attached hydrogen (secondary N) is 3. The van der Waals surface area contributed by atoms with Crippen LogP contribution in [0.3, 0.4) is 0 Å². The molecule has 4 atom stereocenters. The highest BCUT2D eigenvalue weighted by atomic mass is 16.5. The number of hydrogen-bond acceptors (Lipinski definition) is 6. The fourth-order valence-corrected chi connectivity index (χ4v) is 3.33. The van der Waals surface area contributed by atoms with Crippen LogP contribution >= 0.6 is 0 Å². The molecule has 0 unspecified atom stereocenters. The van der Waals surface area contributed by atoms with E-state index in [4.69, 9.17) is 10.5 Å². The Bertz CT molecular complexity index is 828. The molecule has 0 spiro atoms. The summed E-state index contributed by atoms with van der Waals surface area (Å²) in [5.41, 5.74) is 6.24. The molecule has 10 heteroatoms. The topological polar surface area (TPSA) is 157 Å². The van der Waals surface area contributed by atoms with Gasteiger partial charge in [-0.3, -0.25) is 24.0 Å². The SMILES string of the molecule is CCOC(=O)C[C@@H](C)[C@H](NC(=O)C[C@@H]1NC(=O)[C@H](Cc2ccccc2)NC1=O)C(N)=O. The molecule has 4 amide bonds. The van der Waals surface area contributed by atoms with Crippen molar-refractivity contribution in [2.45, 2.75) is 51.2 Å². The van der Waals surface area contributed by atoms with Gasteiger partial charge in [0, 0.05) is 6.42 Å². The van der Waals surface area contributed by atoms with Crippen molar-refractivity contribution in [2.75, 3.05) is 6.61 Å². The number of carbonyl (C=O) groups excluding carboxylic acids is 5. The smallest absolute Gasteiger partial charge is 0.306 e. The van der Waals surface area contributed by atoms with Crippen molar-refractivity contribution in [2.24, 2.45) is 11.7 Å². The predicted octanol–water partition coefficient (Wildman–Crippen LogP) is -0.838. The minimum absolute atomic E-state index is 0.108. The van der Waals surface area contributed by atoms with E-state index in [0.29, 0.717) is 6.42 Å². The molecule has 1 saturated heterocycles. The third kappa shape index (κ3) is 7.09. The number of ether oxygens (including phenoxy) is 1. The van der Waals surface area contributed by atoms with Gasteiger partial charge in [0.25, 0.3) is 0 Å². The minimum Gasteiger partial charge on any atom is -0.466 e. The van der Waals surface area contributed by atoms with Crippen molar-refractivity contribution in [3.8, 4) is 0 Å². The van der Waals surface area contributed by atoms with Crippen molar-refractivity contribution in [3.05, 3.63) is 35.9 Å². The van der Waals surface area contributed by atoms with Gasteiger partial charge in [0.1, 0.15) is 18.1 Å². The monoisotopic (exact) mass is 432 g/mol. The number of amides is 4. The molecular formula is C21H28N4O6. The van der Waals surface area contributed by atoms with Crippen LogP contribution in [0.4, 0.5) is 0 Å². The van der Waals surface area contributed by atoms with Crippen LogP contribution in [0.2, 0.25) is 0 Å². The van der Waals surface area contributed by atoms with Gasteiger partial charge in [-0.1, -0.05) is 37.3 Å². The maximum atomic E-state index is 12.4. The standard InChI is InChI=1S/C21H28N4O6/c1-3-31-17(27)9-12(2)18(19(22)28)25-16(26)11-15-21(30)23-14(20(29)24-15)10-13-7-5-4-6-8-13/h4-8,12,14-15,18H,3,9-11H2,1-2H3,(H2,22,28)(H,23,30)(H,24,29)(H,25,26)/t12-,14+,15+,18+/m1/s1. The van der Waals surface area contributed by atoms with E-state index in [9.17, 15) is 24.0 Å². The molecule has 1 aromatic rings. The number of rotatable bonds is 10. The molecule has 10 nitrogen and oxygen atoms in total. The lowest BCUT2D eigenvalue weighted by molar-refractivity contribution is -0.145. The predicted molar refractivity (Wildman–Crippen MR) is 110 cm³/mol. The van der Waals surface area contributed by atoms with E-state index >= 15 is 0 Å². The van der Waals surface area contributed by atoms with E-state index in [-0.39, 0.29) is 19.4 Å². The normalized spacial score (nSPS) is 20.1. The number of hydrogen-bond donors (Lipinski definition) is 4. The molecule has 2 rings (SSSR count). The van der Waals surface area contributed by atoms with Crippen LogP contribution in [-0.4, -0.2) is 54.3 Å². The van der Waals surface area contributed by atoms with Gasteiger partial charge >= 0.3 is 5.97 Å². The van der Waals surface area contributed by atoms with E-state index in [1.165, 1.54) is 0 Å². The molecule has 1 heterocycles. The lowest BCUT2D eigenvalue weighted by Crippen LogP contribution is -2.63. The summed E-state index contributed by atoms with van der Waals surface area (Å²) in [6.07, 6.45) is -0.151. The zero-order valence-electron chi connectivity index (χ0n) is 17.6. The number of carbonyl (C=O) groups is 5. The second-order valence-corrected chi connectivity index (χ2v) is 7.45. The van der Waals surface area contributed by atoms with Crippen LogP contribution in [0, 0.1) is 5.92 Å². The number of nitrogens with two attached hydrogens (primary N) is 1. The number of benzene rings is 1. The van der Waals surface area contributed by atoms with E-state index in [0.717, 1.165) is 5.56 Å². The van der Waals surface area contributed by atoms with Crippen LogP contribution in [-0.2, 0) is 35.1 Å². The molecule has 168 valence electrons. The van der Waals surface area contributed by atoms with Crippen LogP contribution in [0.1, 0.15) is 32.3 Å². The molecule has 0 radical (unpaired) electrons. The van der Waals surface area contributed by atoms with Crippen molar-refractivity contribution in [1.29, 1.82) is 0 Å². The Labute approximate surface area is 180 Å². The minimum atomic E-state index is -1.12. The molecule has 1 aliphatic rings. The zero-order valence-corrected chi connectivity index (χ0v) is 17.6. The Hall–Kier alpha value is -3.43. The molecule has 0 bridgehead atoms. The molecule has 31 heavy (non-hydrogen) atoms. The third-order valence-electron chi connectivity index (χ3n) is 4.92. The second-order valence-electron chi connectivity index (χ2n) is 7.45. The Morgan fingerprint density at radius 1 is 1.10 bits per heavy atom. The maximum absolute atomic E-state index is 12.4. The molecule has 0 aliphatic carbocycles. The third-order valence-corrected chi connectivity index (χ3v) is 4.92. The van der Waals surface area contributed by atoms with Gasteiger partial charge in [0.2, 0.25) is 23.6 Å². The average molecular weight is 432 g/mol. The van der Waals surface area contributed by atoms with E-state index < -0.39 is 53.6 Å². The first kappa shape index (κ1) is 23.8. The Morgan fingerprint density at radius 3 is 2.32 bits per heavy atom. The van der Waals surface area contributed by atoms with Crippen molar-refractivity contribution < 1.29 is 28.7 Å². The molecule has 0 aromatic heterocycles. The number of primary amides is 1. The highest BCUT2D eigenvalue weighted by Gasteiger charge is 2.36. The average Bonchev–Trinajstić information content (AvgIpc) is 2.70. The van der Waals surface area contributed by atoms with E-state index in [1.54, 1.807) is 13.8 Å². The molecule has 5 N–H and O–H groups in total. The van der Waals surface area contributed by atoms with Gasteiger partial charge in [-0.15, -0.1) is 0 Å². The molecule has 1 fully saturated rings. The fraction of sp³-hybridized carbons (Fsp3) is 0.476.